The van der Waals surface area contributed by atoms with Gasteiger partial charge in [-0.05, 0) is 32.1 Å². The van der Waals surface area contributed by atoms with Gasteiger partial charge in [-0.3, -0.25) is 4.79 Å². The first-order valence-corrected chi connectivity index (χ1v) is 7.97. The lowest BCUT2D eigenvalue weighted by molar-refractivity contribution is -0.129. The summed E-state index contributed by atoms with van der Waals surface area (Å²) >= 11 is 1.79. The summed E-state index contributed by atoms with van der Waals surface area (Å²) in [5.41, 5.74) is 6.10. The molecule has 1 saturated carbocycles. The maximum absolute atomic E-state index is 12.0. The number of carbonyl (C=O) groups excluding carboxylic acids is 1. The van der Waals surface area contributed by atoms with Crippen molar-refractivity contribution in [2.24, 2.45) is 5.73 Å². The van der Waals surface area contributed by atoms with Gasteiger partial charge in [0.15, 0.2) is 0 Å². The number of nitrogens with zero attached hydrogens (tertiary/aromatic N) is 1. The molecule has 2 atom stereocenters. The number of rotatable bonds is 3. The molecule has 1 amide bonds. The Kier molecular flexibility index (Phi) is 5.16. The van der Waals surface area contributed by atoms with Crippen molar-refractivity contribution in [2.75, 3.05) is 18.8 Å². The van der Waals surface area contributed by atoms with Crippen molar-refractivity contribution in [1.82, 2.24) is 4.90 Å². The Morgan fingerprint density at radius 1 is 1.12 bits per heavy atom. The highest BCUT2D eigenvalue weighted by molar-refractivity contribution is 8.00. The van der Waals surface area contributed by atoms with Crippen molar-refractivity contribution >= 4 is 17.7 Å². The fourth-order valence-electron chi connectivity index (χ4n) is 2.75. The normalized spacial score (nSPS) is 30.3. The van der Waals surface area contributed by atoms with Gasteiger partial charge < -0.3 is 10.6 Å². The lowest BCUT2D eigenvalue weighted by Crippen LogP contribution is -2.39. The van der Waals surface area contributed by atoms with Crippen LogP contribution in [0.25, 0.3) is 0 Å². The molecule has 2 aliphatic rings. The third-order valence-corrected chi connectivity index (χ3v) is 5.31. The van der Waals surface area contributed by atoms with Crippen LogP contribution in [0.15, 0.2) is 0 Å². The van der Waals surface area contributed by atoms with E-state index in [4.69, 9.17) is 5.73 Å². The zero-order chi connectivity index (χ0) is 12.1. The average molecular weight is 256 g/mol. The molecule has 1 saturated heterocycles. The molecule has 98 valence electrons. The zero-order valence-corrected chi connectivity index (χ0v) is 11.4. The zero-order valence-electron chi connectivity index (χ0n) is 10.6. The number of hydrogen-bond donors (Lipinski definition) is 1. The molecule has 17 heavy (non-hydrogen) atoms. The molecule has 1 aliphatic carbocycles. The molecule has 2 unspecified atom stereocenters. The molecule has 2 N–H and O–H groups in total. The Labute approximate surface area is 108 Å². The lowest BCUT2D eigenvalue weighted by Gasteiger charge is -2.30. The molecule has 1 aliphatic heterocycles. The minimum absolute atomic E-state index is 0.308. The number of hydrogen-bond acceptors (Lipinski definition) is 3. The third kappa shape index (κ3) is 3.88. The van der Waals surface area contributed by atoms with E-state index in [1.165, 1.54) is 38.5 Å². The maximum atomic E-state index is 12.0. The van der Waals surface area contributed by atoms with E-state index in [0.717, 1.165) is 19.5 Å². The van der Waals surface area contributed by atoms with Crippen LogP contribution in [0.1, 0.15) is 44.9 Å². The minimum atomic E-state index is 0.308. The van der Waals surface area contributed by atoms with Crippen molar-refractivity contribution in [3.8, 4) is 0 Å². The van der Waals surface area contributed by atoms with Crippen molar-refractivity contribution < 1.29 is 4.79 Å². The van der Waals surface area contributed by atoms with Crippen LogP contribution in [-0.4, -0.2) is 40.9 Å². The van der Waals surface area contributed by atoms with E-state index in [1.807, 2.05) is 4.90 Å². The molecule has 0 aromatic heterocycles. The smallest absolute Gasteiger partial charge is 0.232 e. The molecule has 2 rings (SSSR count). The second-order valence-corrected chi connectivity index (χ2v) is 6.47. The Bertz CT molecular complexity index is 254. The molecule has 0 spiro atoms. The monoisotopic (exact) mass is 256 g/mol. The number of piperidine rings is 1. The molecule has 0 bridgehead atoms. The Hall–Kier alpha value is -0.220. The summed E-state index contributed by atoms with van der Waals surface area (Å²) in [6.45, 7) is 1.94. The number of thioether (sulfide) groups is 1. The summed E-state index contributed by atoms with van der Waals surface area (Å²) in [5, 5.41) is 0.512. The fourth-order valence-corrected chi connectivity index (χ4v) is 4.00. The van der Waals surface area contributed by atoms with E-state index in [-0.39, 0.29) is 0 Å². The van der Waals surface area contributed by atoms with Crippen molar-refractivity contribution in [3.63, 3.8) is 0 Å². The summed E-state index contributed by atoms with van der Waals surface area (Å²) in [5.74, 6) is 0.964. The highest BCUT2D eigenvalue weighted by Gasteiger charge is 2.24. The Morgan fingerprint density at radius 3 is 2.53 bits per heavy atom. The average Bonchev–Trinajstić information content (AvgIpc) is 2.38. The van der Waals surface area contributed by atoms with Gasteiger partial charge in [0.1, 0.15) is 0 Å². The first-order valence-electron chi connectivity index (χ1n) is 6.92. The van der Waals surface area contributed by atoms with Gasteiger partial charge in [-0.1, -0.05) is 12.8 Å². The topological polar surface area (TPSA) is 46.3 Å². The lowest BCUT2D eigenvalue weighted by atomic mass is 9.96. The van der Waals surface area contributed by atoms with Crippen LogP contribution in [0.5, 0.6) is 0 Å². The number of nitrogens with two attached hydrogens (primary N) is 1. The van der Waals surface area contributed by atoms with Crippen LogP contribution in [0.4, 0.5) is 0 Å². The van der Waals surface area contributed by atoms with Crippen LogP contribution in [-0.2, 0) is 4.79 Å². The summed E-state index contributed by atoms with van der Waals surface area (Å²) in [6.07, 6.45) is 8.51. The van der Waals surface area contributed by atoms with E-state index < -0.39 is 0 Å². The van der Waals surface area contributed by atoms with Crippen LogP contribution < -0.4 is 5.73 Å². The largest absolute Gasteiger partial charge is 0.342 e. The van der Waals surface area contributed by atoms with Crippen molar-refractivity contribution in [1.29, 1.82) is 0 Å². The molecular weight excluding hydrogens is 232 g/mol. The highest BCUT2D eigenvalue weighted by Crippen LogP contribution is 2.27. The molecule has 0 radical (unpaired) electrons. The van der Waals surface area contributed by atoms with Gasteiger partial charge in [0.05, 0.1) is 5.75 Å². The van der Waals surface area contributed by atoms with Gasteiger partial charge in [0.2, 0.25) is 5.91 Å². The molecule has 1 heterocycles. The highest BCUT2D eigenvalue weighted by atomic mass is 32.2. The fraction of sp³-hybridized carbons (Fsp3) is 0.923. The van der Waals surface area contributed by atoms with Gasteiger partial charge in [0, 0.05) is 24.4 Å². The first kappa shape index (κ1) is 13.2. The maximum Gasteiger partial charge on any atom is 0.232 e. The van der Waals surface area contributed by atoms with Gasteiger partial charge in [-0.2, -0.15) is 0 Å². The van der Waals surface area contributed by atoms with Gasteiger partial charge >= 0.3 is 0 Å². The summed E-state index contributed by atoms with van der Waals surface area (Å²) in [6, 6.07) is 0.308. The third-order valence-electron chi connectivity index (χ3n) is 3.88. The van der Waals surface area contributed by atoms with Crippen LogP contribution >= 0.6 is 11.8 Å². The minimum Gasteiger partial charge on any atom is -0.342 e. The van der Waals surface area contributed by atoms with Gasteiger partial charge in [0.25, 0.3) is 0 Å². The van der Waals surface area contributed by atoms with Gasteiger partial charge in [-0.15, -0.1) is 11.8 Å². The van der Waals surface area contributed by atoms with Crippen LogP contribution in [0.2, 0.25) is 0 Å². The van der Waals surface area contributed by atoms with E-state index in [9.17, 15) is 4.79 Å². The van der Waals surface area contributed by atoms with E-state index in [2.05, 4.69) is 0 Å². The van der Waals surface area contributed by atoms with Crippen LogP contribution in [0.3, 0.4) is 0 Å². The second-order valence-electron chi connectivity index (χ2n) is 5.24. The second kappa shape index (κ2) is 6.64. The molecular formula is C13H24N2OS. The standard InChI is InChI=1S/C13H24N2OS/c14-11-6-2-3-7-12(11)17-10-13(16)15-8-4-1-5-9-15/h11-12H,1-10,14H2. The number of carbonyl (C=O) groups is 1. The van der Waals surface area contributed by atoms with E-state index in [1.54, 1.807) is 11.8 Å². The SMILES string of the molecule is NC1CCCCC1SCC(=O)N1CCCCC1. The summed E-state index contributed by atoms with van der Waals surface area (Å²) in [4.78, 5) is 14.0. The Balaban J connectivity index is 1.71. The van der Waals surface area contributed by atoms with Crippen LogP contribution in [0, 0.1) is 0 Å². The van der Waals surface area contributed by atoms with Crippen molar-refractivity contribution in [2.45, 2.75) is 56.2 Å². The Morgan fingerprint density at radius 2 is 1.82 bits per heavy atom. The summed E-state index contributed by atoms with van der Waals surface area (Å²) in [7, 11) is 0. The number of amides is 1. The molecule has 2 fully saturated rings. The first-order chi connectivity index (χ1) is 8.27. The summed E-state index contributed by atoms with van der Waals surface area (Å²) < 4.78 is 0. The van der Waals surface area contributed by atoms with E-state index >= 15 is 0 Å². The van der Waals surface area contributed by atoms with Gasteiger partial charge in [-0.25, -0.2) is 0 Å². The molecule has 0 aromatic carbocycles. The molecule has 0 aromatic rings. The molecule has 3 nitrogen and oxygen atoms in total. The number of likely N-dealkylation sites (tertiary alicyclic amines) is 1. The molecule has 4 heteroatoms. The quantitative estimate of drug-likeness (QED) is 0.840. The predicted octanol–water partition coefficient (Wildman–Crippen LogP) is 2.00. The predicted molar refractivity (Wildman–Crippen MR) is 73.1 cm³/mol. The van der Waals surface area contributed by atoms with Crippen molar-refractivity contribution in [3.05, 3.63) is 0 Å². The van der Waals surface area contributed by atoms with E-state index in [0.29, 0.717) is 23.0 Å².